The fraction of sp³-hybridized carbons (Fsp3) is 0.611. The number of rotatable bonds is 7. The Balaban J connectivity index is 1.98. The van der Waals surface area contributed by atoms with Crippen LogP contribution in [0, 0.1) is 6.92 Å². The Morgan fingerprint density at radius 1 is 1.32 bits per heavy atom. The molecule has 0 radical (unpaired) electrons. The van der Waals surface area contributed by atoms with Gasteiger partial charge in [0.2, 0.25) is 0 Å². The van der Waals surface area contributed by atoms with Gasteiger partial charge in [-0.1, -0.05) is 23.2 Å². The van der Waals surface area contributed by atoms with Crippen LogP contribution in [-0.4, -0.2) is 62.3 Å². The maximum Gasteiger partial charge on any atom is 0.317 e. The zero-order valence-corrected chi connectivity index (χ0v) is 16.7. The molecule has 0 aromatic heterocycles. The SMILES string of the molecule is Cc1cc(Cl)cc(Cl)c1CNC(=O)N(CCN(C)C)C[C@H]1CCCO1. The highest BCUT2D eigenvalue weighted by molar-refractivity contribution is 6.35. The number of aryl methyl sites for hydroxylation is 1. The van der Waals surface area contributed by atoms with Crippen molar-refractivity contribution in [1.82, 2.24) is 15.1 Å². The molecule has 1 aromatic carbocycles. The number of benzene rings is 1. The van der Waals surface area contributed by atoms with E-state index in [2.05, 4.69) is 10.2 Å². The molecule has 1 aliphatic heterocycles. The molecule has 1 aromatic rings. The Morgan fingerprint density at radius 3 is 2.68 bits per heavy atom. The molecule has 1 N–H and O–H groups in total. The van der Waals surface area contributed by atoms with Gasteiger partial charge < -0.3 is 19.9 Å². The molecule has 1 fully saturated rings. The predicted octanol–water partition coefficient (Wildman–Crippen LogP) is 3.55. The summed E-state index contributed by atoms with van der Waals surface area (Å²) >= 11 is 12.3. The lowest BCUT2D eigenvalue weighted by Crippen LogP contribution is -2.46. The molecule has 0 spiro atoms. The van der Waals surface area contributed by atoms with Gasteiger partial charge in [-0.2, -0.15) is 0 Å². The van der Waals surface area contributed by atoms with Crippen molar-refractivity contribution in [2.45, 2.75) is 32.4 Å². The molecule has 1 heterocycles. The van der Waals surface area contributed by atoms with E-state index in [1.165, 1.54) is 0 Å². The average Bonchev–Trinajstić information content (AvgIpc) is 3.02. The lowest BCUT2D eigenvalue weighted by molar-refractivity contribution is 0.0795. The van der Waals surface area contributed by atoms with E-state index in [-0.39, 0.29) is 12.1 Å². The first-order chi connectivity index (χ1) is 11.9. The van der Waals surface area contributed by atoms with E-state index in [1.54, 1.807) is 6.07 Å². The predicted molar refractivity (Wildman–Crippen MR) is 103 cm³/mol. The summed E-state index contributed by atoms with van der Waals surface area (Å²) in [6.45, 7) is 5.19. The van der Waals surface area contributed by atoms with Crippen molar-refractivity contribution >= 4 is 29.2 Å². The first-order valence-electron chi connectivity index (χ1n) is 8.60. The second kappa shape index (κ2) is 9.62. The van der Waals surface area contributed by atoms with E-state index in [0.717, 1.165) is 37.1 Å². The second-order valence-electron chi connectivity index (χ2n) is 6.73. The zero-order valence-electron chi connectivity index (χ0n) is 15.1. The highest BCUT2D eigenvalue weighted by atomic mass is 35.5. The molecular weight excluding hydrogens is 361 g/mol. The summed E-state index contributed by atoms with van der Waals surface area (Å²) in [5.74, 6) is 0. The van der Waals surface area contributed by atoms with Gasteiger partial charge >= 0.3 is 6.03 Å². The first kappa shape index (κ1) is 20.3. The number of likely N-dealkylation sites (N-methyl/N-ethyl adjacent to an activating group) is 1. The highest BCUT2D eigenvalue weighted by Crippen LogP contribution is 2.24. The number of halogens is 2. The van der Waals surface area contributed by atoms with Gasteiger partial charge in [0.15, 0.2) is 0 Å². The smallest absolute Gasteiger partial charge is 0.317 e. The van der Waals surface area contributed by atoms with Crippen LogP contribution in [0.3, 0.4) is 0 Å². The Morgan fingerprint density at radius 2 is 2.08 bits per heavy atom. The number of urea groups is 1. The molecule has 25 heavy (non-hydrogen) atoms. The maximum absolute atomic E-state index is 12.7. The highest BCUT2D eigenvalue weighted by Gasteiger charge is 2.22. The minimum absolute atomic E-state index is 0.0947. The van der Waals surface area contributed by atoms with Crippen LogP contribution in [0.4, 0.5) is 4.79 Å². The average molecular weight is 388 g/mol. The van der Waals surface area contributed by atoms with E-state index in [0.29, 0.717) is 29.7 Å². The summed E-state index contributed by atoms with van der Waals surface area (Å²) in [6, 6.07) is 3.46. The number of carbonyl (C=O) groups is 1. The Labute approximate surface area is 160 Å². The summed E-state index contributed by atoms with van der Waals surface area (Å²) in [5, 5.41) is 4.16. The topological polar surface area (TPSA) is 44.8 Å². The molecule has 0 unspecified atom stereocenters. The number of amides is 2. The van der Waals surface area contributed by atoms with Crippen LogP contribution < -0.4 is 5.32 Å². The minimum Gasteiger partial charge on any atom is -0.376 e. The van der Waals surface area contributed by atoms with Gasteiger partial charge in [0.1, 0.15) is 0 Å². The summed E-state index contributed by atoms with van der Waals surface area (Å²) in [4.78, 5) is 16.6. The molecule has 2 rings (SSSR count). The fourth-order valence-electron chi connectivity index (χ4n) is 2.86. The van der Waals surface area contributed by atoms with E-state index in [9.17, 15) is 4.79 Å². The molecule has 1 atom stereocenters. The van der Waals surface area contributed by atoms with Gasteiger partial charge in [0.25, 0.3) is 0 Å². The van der Waals surface area contributed by atoms with Crippen LogP contribution in [0.2, 0.25) is 10.0 Å². The molecule has 140 valence electrons. The molecule has 1 saturated heterocycles. The van der Waals surface area contributed by atoms with Crippen molar-refractivity contribution in [2.24, 2.45) is 0 Å². The van der Waals surface area contributed by atoms with Gasteiger partial charge in [-0.05, 0) is 57.1 Å². The van der Waals surface area contributed by atoms with Crippen LogP contribution in [-0.2, 0) is 11.3 Å². The molecule has 0 bridgehead atoms. The van der Waals surface area contributed by atoms with Crippen LogP contribution in [0.25, 0.3) is 0 Å². The monoisotopic (exact) mass is 387 g/mol. The first-order valence-corrected chi connectivity index (χ1v) is 9.36. The van der Waals surface area contributed by atoms with Gasteiger partial charge in [-0.25, -0.2) is 4.79 Å². The largest absolute Gasteiger partial charge is 0.376 e. The number of carbonyl (C=O) groups excluding carboxylic acids is 1. The Kier molecular flexibility index (Phi) is 7.81. The quantitative estimate of drug-likeness (QED) is 0.777. The molecule has 0 saturated carbocycles. The minimum atomic E-state index is -0.0947. The number of nitrogens with one attached hydrogen (secondary N) is 1. The summed E-state index contributed by atoms with van der Waals surface area (Å²) in [5.41, 5.74) is 1.86. The lowest BCUT2D eigenvalue weighted by Gasteiger charge is -2.27. The normalized spacial score (nSPS) is 17.1. The molecule has 7 heteroatoms. The summed E-state index contributed by atoms with van der Waals surface area (Å²) in [6.07, 6.45) is 2.20. The standard InChI is InChI=1S/C18H27Cl2N3O2/c1-13-9-14(19)10-17(20)16(13)11-21-18(24)23(7-6-22(2)3)12-15-5-4-8-25-15/h9-10,15H,4-8,11-12H2,1-3H3,(H,21,24)/t15-/m1/s1. The molecule has 2 amide bonds. The van der Waals surface area contributed by atoms with Crippen molar-refractivity contribution in [3.8, 4) is 0 Å². The van der Waals surface area contributed by atoms with Crippen LogP contribution in [0.1, 0.15) is 24.0 Å². The van der Waals surface area contributed by atoms with E-state index in [1.807, 2.05) is 32.0 Å². The third-order valence-electron chi connectivity index (χ3n) is 4.35. The van der Waals surface area contributed by atoms with Crippen LogP contribution >= 0.6 is 23.2 Å². The third-order valence-corrected chi connectivity index (χ3v) is 4.91. The van der Waals surface area contributed by atoms with Crippen molar-refractivity contribution < 1.29 is 9.53 Å². The van der Waals surface area contributed by atoms with Crippen molar-refractivity contribution in [2.75, 3.05) is 40.3 Å². The van der Waals surface area contributed by atoms with E-state index >= 15 is 0 Å². The maximum atomic E-state index is 12.7. The van der Waals surface area contributed by atoms with Crippen molar-refractivity contribution in [3.63, 3.8) is 0 Å². The number of hydrogen-bond acceptors (Lipinski definition) is 3. The van der Waals surface area contributed by atoms with Gasteiger partial charge in [-0.15, -0.1) is 0 Å². The molecule has 5 nitrogen and oxygen atoms in total. The second-order valence-corrected chi connectivity index (χ2v) is 7.57. The lowest BCUT2D eigenvalue weighted by atomic mass is 10.1. The van der Waals surface area contributed by atoms with Crippen molar-refractivity contribution in [3.05, 3.63) is 33.3 Å². The Bertz CT molecular complexity index is 567. The van der Waals surface area contributed by atoms with Crippen molar-refractivity contribution in [1.29, 1.82) is 0 Å². The molecule has 0 aliphatic carbocycles. The summed E-state index contributed by atoms with van der Waals surface area (Å²) < 4.78 is 5.68. The number of ether oxygens (including phenoxy) is 1. The summed E-state index contributed by atoms with van der Waals surface area (Å²) in [7, 11) is 4.00. The molecular formula is C18H27Cl2N3O2. The molecule has 1 aliphatic rings. The van der Waals surface area contributed by atoms with E-state index < -0.39 is 0 Å². The zero-order chi connectivity index (χ0) is 18.4. The van der Waals surface area contributed by atoms with Crippen LogP contribution in [0.5, 0.6) is 0 Å². The van der Waals surface area contributed by atoms with Gasteiger partial charge in [0, 0.05) is 42.8 Å². The van der Waals surface area contributed by atoms with Crippen LogP contribution in [0.15, 0.2) is 12.1 Å². The fourth-order valence-corrected chi connectivity index (χ4v) is 3.52. The van der Waals surface area contributed by atoms with Gasteiger partial charge in [0.05, 0.1) is 6.10 Å². The number of hydrogen-bond donors (Lipinski definition) is 1. The third kappa shape index (κ3) is 6.33. The Hall–Kier alpha value is -1.01. The number of nitrogens with zero attached hydrogens (tertiary/aromatic N) is 2. The van der Waals surface area contributed by atoms with Gasteiger partial charge in [-0.3, -0.25) is 0 Å². The van der Waals surface area contributed by atoms with E-state index in [4.69, 9.17) is 27.9 Å².